The third-order valence-electron chi connectivity index (χ3n) is 1.96. The molecule has 1 aromatic carbocycles. The molecule has 2 aromatic rings. The van der Waals surface area contributed by atoms with Crippen molar-refractivity contribution in [2.24, 2.45) is 5.73 Å². The summed E-state index contributed by atoms with van der Waals surface area (Å²) < 4.78 is 5.85. The van der Waals surface area contributed by atoms with Crippen LogP contribution in [0.2, 0.25) is 0 Å². The third kappa shape index (κ3) is 1.47. The van der Waals surface area contributed by atoms with Gasteiger partial charge in [0.25, 0.3) is 0 Å². The molecule has 0 bridgehead atoms. The number of fused-ring (bicyclic) bond motifs is 1. The van der Waals surface area contributed by atoms with E-state index >= 15 is 0 Å². The van der Waals surface area contributed by atoms with Crippen molar-refractivity contribution in [2.75, 3.05) is 6.54 Å². The molecule has 1 heterocycles. The Hall–Kier alpha value is -0.870. The number of benzene rings is 1. The lowest BCUT2D eigenvalue weighted by atomic mass is 10.1. The summed E-state index contributed by atoms with van der Waals surface area (Å²) in [6.07, 6.45) is 0.844. The molecule has 0 atom stereocenters. The second-order valence-electron chi connectivity index (χ2n) is 2.80. The SMILES string of the molecule is NCCc1cccc2onc(Br)c12. The molecule has 2 rings (SSSR count). The minimum atomic E-state index is 0.636. The molecule has 0 aliphatic rings. The van der Waals surface area contributed by atoms with Gasteiger partial charge >= 0.3 is 0 Å². The van der Waals surface area contributed by atoms with Gasteiger partial charge in [0.1, 0.15) is 0 Å². The summed E-state index contributed by atoms with van der Waals surface area (Å²) in [4.78, 5) is 0. The van der Waals surface area contributed by atoms with Crippen LogP contribution >= 0.6 is 15.9 Å². The highest BCUT2D eigenvalue weighted by atomic mass is 79.9. The first-order valence-electron chi connectivity index (χ1n) is 4.06. The Morgan fingerprint density at radius 3 is 3.08 bits per heavy atom. The van der Waals surface area contributed by atoms with E-state index in [4.69, 9.17) is 10.3 Å². The van der Waals surface area contributed by atoms with Crippen molar-refractivity contribution in [3.05, 3.63) is 28.4 Å². The van der Waals surface area contributed by atoms with Gasteiger partial charge in [0, 0.05) is 0 Å². The van der Waals surface area contributed by atoms with E-state index in [0.29, 0.717) is 6.54 Å². The number of halogens is 1. The van der Waals surface area contributed by atoms with E-state index in [1.165, 1.54) is 5.56 Å². The van der Waals surface area contributed by atoms with Crippen molar-refractivity contribution in [3.8, 4) is 0 Å². The van der Waals surface area contributed by atoms with Gasteiger partial charge in [-0.15, -0.1) is 0 Å². The van der Waals surface area contributed by atoms with Crippen LogP contribution in [0.25, 0.3) is 11.0 Å². The average Bonchev–Trinajstić information content (AvgIpc) is 2.50. The fraction of sp³-hybridized carbons (Fsp3) is 0.222. The van der Waals surface area contributed by atoms with Crippen LogP contribution < -0.4 is 5.73 Å². The Balaban J connectivity index is 2.65. The Bertz CT molecular complexity index is 424. The molecule has 0 saturated heterocycles. The van der Waals surface area contributed by atoms with Crippen LogP contribution in [-0.4, -0.2) is 11.7 Å². The quantitative estimate of drug-likeness (QED) is 0.875. The van der Waals surface area contributed by atoms with E-state index in [-0.39, 0.29) is 0 Å². The Morgan fingerprint density at radius 2 is 2.31 bits per heavy atom. The molecular weight excluding hydrogens is 232 g/mol. The van der Waals surface area contributed by atoms with Crippen LogP contribution in [0.5, 0.6) is 0 Å². The van der Waals surface area contributed by atoms with Gasteiger partial charge in [-0.2, -0.15) is 0 Å². The van der Waals surface area contributed by atoms with Crippen molar-refractivity contribution in [1.29, 1.82) is 0 Å². The normalized spacial score (nSPS) is 10.9. The minimum absolute atomic E-state index is 0.636. The minimum Gasteiger partial charge on any atom is -0.355 e. The zero-order valence-electron chi connectivity index (χ0n) is 6.96. The summed E-state index contributed by atoms with van der Waals surface area (Å²) in [6, 6.07) is 5.88. The highest BCUT2D eigenvalue weighted by Crippen LogP contribution is 2.26. The molecule has 4 heteroatoms. The number of hydrogen-bond donors (Lipinski definition) is 1. The van der Waals surface area contributed by atoms with E-state index in [0.717, 1.165) is 22.0 Å². The largest absolute Gasteiger partial charge is 0.355 e. The highest BCUT2D eigenvalue weighted by Gasteiger charge is 2.08. The summed E-state index contributed by atoms with van der Waals surface area (Å²) in [5, 5.41) is 4.87. The summed E-state index contributed by atoms with van der Waals surface area (Å²) in [6.45, 7) is 0.636. The molecule has 0 unspecified atom stereocenters. The molecule has 0 saturated carbocycles. The van der Waals surface area contributed by atoms with Gasteiger partial charge in [0.2, 0.25) is 0 Å². The molecule has 2 N–H and O–H groups in total. The molecule has 13 heavy (non-hydrogen) atoms. The van der Waals surface area contributed by atoms with Crippen LogP contribution in [0.3, 0.4) is 0 Å². The van der Waals surface area contributed by atoms with Gasteiger partial charge in [0.15, 0.2) is 10.2 Å². The van der Waals surface area contributed by atoms with Crippen molar-refractivity contribution in [3.63, 3.8) is 0 Å². The monoisotopic (exact) mass is 240 g/mol. The van der Waals surface area contributed by atoms with Crippen LogP contribution in [0.15, 0.2) is 27.3 Å². The zero-order valence-corrected chi connectivity index (χ0v) is 8.54. The fourth-order valence-electron chi connectivity index (χ4n) is 1.39. The average molecular weight is 241 g/mol. The molecule has 0 radical (unpaired) electrons. The van der Waals surface area contributed by atoms with Crippen molar-refractivity contribution in [1.82, 2.24) is 5.16 Å². The Labute approximate surface area is 84.0 Å². The zero-order chi connectivity index (χ0) is 9.26. The van der Waals surface area contributed by atoms with E-state index in [2.05, 4.69) is 21.1 Å². The van der Waals surface area contributed by atoms with E-state index < -0.39 is 0 Å². The van der Waals surface area contributed by atoms with Gasteiger partial charge in [-0.3, -0.25) is 0 Å². The van der Waals surface area contributed by atoms with Crippen molar-refractivity contribution < 1.29 is 4.52 Å². The number of rotatable bonds is 2. The van der Waals surface area contributed by atoms with Gasteiger partial charge in [-0.05, 0) is 40.5 Å². The number of nitrogens with two attached hydrogens (primary N) is 1. The maximum absolute atomic E-state index is 5.50. The van der Waals surface area contributed by atoms with E-state index in [1.54, 1.807) is 0 Å². The van der Waals surface area contributed by atoms with Crippen LogP contribution in [-0.2, 0) is 6.42 Å². The number of hydrogen-bond acceptors (Lipinski definition) is 3. The van der Waals surface area contributed by atoms with Crippen LogP contribution in [0.4, 0.5) is 0 Å². The summed E-state index contributed by atoms with van der Waals surface area (Å²) in [5.41, 5.74) is 7.48. The van der Waals surface area contributed by atoms with E-state index in [9.17, 15) is 0 Å². The van der Waals surface area contributed by atoms with E-state index in [1.807, 2.05) is 18.2 Å². The second kappa shape index (κ2) is 3.47. The molecule has 0 aliphatic carbocycles. The molecule has 0 spiro atoms. The van der Waals surface area contributed by atoms with Crippen molar-refractivity contribution in [2.45, 2.75) is 6.42 Å². The fourth-order valence-corrected chi connectivity index (χ4v) is 1.91. The molecule has 0 amide bonds. The summed E-state index contributed by atoms with van der Waals surface area (Å²) in [7, 11) is 0. The van der Waals surface area contributed by atoms with Gasteiger partial charge in [0.05, 0.1) is 5.39 Å². The smallest absolute Gasteiger partial charge is 0.168 e. The van der Waals surface area contributed by atoms with Gasteiger partial charge in [-0.1, -0.05) is 17.3 Å². The maximum atomic E-state index is 5.50. The van der Waals surface area contributed by atoms with Gasteiger partial charge in [-0.25, -0.2) is 0 Å². The molecule has 0 aliphatic heterocycles. The first kappa shape index (κ1) is 8.72. The second-order valence-corrected chi connectivity index (χ2v) is 3.55. The predicted octanol–water partition coefficient (Wildman–Crippen LogP) is 2.09. The third-order valence-corrected chi connectivity index (χ3v) is 2.50. The lowest BCUT2D eigenvalue weighted by Crippen LogP contribution is -2.02. The standard InChI is InChI=1S/C9H9BrN2O/c10-9-8-6(4-5-11)2-1-3-7(8)13-12-9/h1-3H,4-5,11H2. The number of nitrogens with zero attached hydrogens (tertiary/aromatic N) is 1. The molecule has 1 aromatic heterocycles. The topological polar surface area (TPSA) is 52.0 Å². The Morgan fingerprint density at radius 1 is 1.46 bits per heavy atom. The molecule has 68 valence electrons. The maximum Gasteiger partial charge on any atom is 0.168 e. The molecule has 0 fully saturated rings. The predicted molar refractivity (Wildman–Crippen MR) is 54.5 cm³/mol. The Kier molecular flexibility index (Phi) is 2.33. The first-order chi connectivity index (χ1) is 6.33. The molecular formula is C9H9BrN2O. The van der Waals surface area contributed by atoms with Crippen LogP contribution in [0, 0.1) is 0 Å². The summed E-state index contributed by atoms with van der Waals surface area (Å²) >= 11 is 3.34. The highest BCUT2D eigenvalue weighted by molar-refractivity contribution is 9.10. The molecule has 3 nitrogen and oxygen atoms in total. The summed E-state index contributed by atoms with van der Waals surface area (Å²) in [5.74, 6) is 0. The lowest BCUT2D eigenvalue weighted by Gasteiger charge is -1.98. The lowest BCUT2D eigenvalue weighted by molar-refractivity contribution is 0.451. The van der Waals surface area contributed by atoms with Gasteiger partial charge < -0.3 is 10.3 Å². The van der Waals surface area contributed by atoms with Crippen LogP contribution in [0.1, 0.15) is 5.56 Å². The van der Waals surface area contributed by atoms with Crippen molar-refractivity contribution >= 4 is 26.9 Å². The first-order valence-corrected chi connectivity index (χ1v) is 4.85. The number of aromatic nitrogens is 1.